The second-order valence-electron chi connectivity index (χ2n) is 10.5. The van der Waals surface area contributed by atoms with Crippen LogP contribution in [0.3, 0.4) is 0 Å². The summed E-state index contributed by atoms with van der Waals surface area (Å²) in [5, 5.41) is 5.15. The van der Waals surface area contributed by atoms with Gasteiger partial charge in [0.15, 0.2) is 0 Å². The molecule has 0 aliphatic carbocycles. The first-order valence-electron chi connectivity index (χ1n) is 13.7. The summed E-state index contributed by atoms with van der Waals surface area (Å²) in [6.45, 7) is 6.80. The van der Waals surface area contributed by atoms with Crippen LogP contribution < -0.4 is 9.88 Å². The van der Waals surface area contributed by atoms with Gasteiger partial charge in [-0.3, -0.25) is 0 Å². The number of ether oxygens (including phenoxy) is 4. The average molecular weight is 571 g/mol. The molecule has 1 atom stereocenters. The van der Waals surface area contributed by atoms with Gasteiger partial charge in [-0.25, -0.2) is 18.4 Å². The number of hydrogen-bond donors (Lipinski definition) is 1. The summed E-state index contributed by atoms with van der Waals surface area (Å²) in [7, 11) is -3.72. The summed E-state index contributed by atoms with van der Waals surface area (Å²) < 4.78 is 45.7. The Bertz CT molecular complexity index is 1350. The van der Waals surface area contributed by atoms with E-state index in [9.17, 15) is 13.2 Å². The van der Waals surface area contributed by atoms with Crippen LogP contribution in [0.2, 0.25) is 0 Å². The minimum Gasteiger partial charge on any atom is -0.463 e. The number of carbonyl (C=O) groups is 1. The van der Waals surface area contributed by atoms with Crippen LogP contribution in [0.4, 0.5) is 4.79 Å². The Kier molecular flexibility index (Phi) is 10.1. The first-order chi connectivity index (χ1) is 19.1. The number of carbonyl (C=O) groups excluding carboxylic acids is 1. The highest BCUT2D eigenvalue weighted by molar-refractivity contribution is 7.89. The standard InChI is InChI=1S/C30H38N2O7S/c1-30(2)37-22-25-20-24(14-15-27(25)39-30)28-21-32(29(33)38-28)16-7-3-4-8-17-36-18-9-5-6-11-23-12-10-13-26(19-23)40(31,34)35/h10,12-15,19-20,28H,3-5,7-9,16-18,21-22H2,1-2H3,(H2,31,34,35)/t28-/m0/s1. The molecule has 0 bridgehead atoms. The van der Waals surface area contributed by atoms with E-state index < -0.39 is 15.8 Å². The van der Waals surface area contributed by atoms with E-state index in [0.29, 0.717) is 44.9 Å². The normalized spacial score (nSPS) is 17.9. The number of rotatable bonds is 12. The predicted molar refractivity (Wildman–Crippen MR) is 150 cm³/mol. The van der Waals surface area contributed by atoms with E-state index in [-0.39, 0.29) is 17.1 Å². The molecular weight excluding hydrogens is 532 g/mol. The number of fused-ring (bicyclic) bond motifs is 1. The molecule has 2 N–H and O–H groups in total. The molecule has 2 aromatic rings. The molecule has 0 spiro atoms. The molecule has 2 aliphatic rings. The van der Waals surface area contributed by atoms with Crippen molar-refractivity contribution in [1.29, 1.82) is 0 Å². The maximum absolute atomic E-state index is 12.4. The number of benzene rings is 2. The number of nitrogens with two attached hydrogens (primary N) is 1. The zero-order chi connectivity index (χ0) is 28.6. The van der Waals surface area contributed by atoms with Gasteiger partial charge in [-0.15, -0.1) is 0 Å². The molecule has 0 saturated carbocycles. The molecule has 10 heteroatoms. The Balaban J connectivity index is 1.05. The highest BCUT2D eigenvalue weighted by Gasteiger charge is 2.33. The van der Waals surface area contributed by atoms with Gasteiger partial charge in [0.2, 0.25) is 15.8 Å². The number of sulfonamides is 1. The molecule has 1 amide bonds. The lowest BCUT2D eigenvalue weighted by Crippen LogP contribution is -2.35. The second-order valence-corrected chi connectivity index (χ2v) is 12.0. The molecule has 2 aromatic carbocycles. The molecular formula is C30H38N2O7S. The molecule has 4 rings (SSSR count). The van der Waals surface area contributed by atoms with Gasteiger partial charge in [0.25, 0.3) is 0 Å². The lowest BCUT2D eigenvalue weighted by molar-refractivity contribution is -0.180. The Morgan fingerprint density at radius 3 is 2.70 bits per heavy atom. The van der Waals surface area contributed by atoms with Crippen molar-refractivity contribution in [3.63, 3.8) is 0 Å². The smallest absolute Gasteiger partial charge is 0.410 e. The predicted octanol–water partition coefficient (Wildman–Crippen LogP) is 4.88. The van der Waals surface area contributed by atoms with Crippen LogP contribution in [-0.2, 0) is 30.8 Å². The summed E-state index contributed by atoms with van der Waals surface area (Å²) in [5.41, 5.74) is 2.55. The lowest BCUT2D eigenvalue weighted by Gasteiger charge is -2.32. The summed E-state index contributed by atoms with van der Waals surface area (Å²) in [4.78, 5) is 14.2. The zero-order valence-electron chi connectivity index (χ0n) is 23.2. The van der Waals surface area contributed by atoms with E-state index in [1.54, 1.807) is 17.0 Å². The van der Waals surface area contributed by atoms with E-state index in [0.717, 1.165) is 49.0 Å². The van der Waals surface area contributed by atoms with E-state index >= 15 is 0 Å². The summed E-state index contributed by atoms with van der Waals surface area (Å²) in [5.74, 6) is 6.18. The minimum atomic E-state index is -3.72. The van der Waals surface area contributed by atoms with Crippen LogP contribution in [-0.4, -0.2) is 51.5 Å². The first kappa shape index (κ1) is 29.9. The van der Waals surface area contributed by atoms with Crippen LogP contribution >= 0.6 is 0 Å². The summed E-state index contributed by atoms with van der Waals surface area (Å²) in [6.07, 6.45) is 4.87. The topological polar surface area (TPSA) is 117 Å². The zero-order valence-corrected chi connectivity index (χ0v) is 24.0. The number of cyclic esters (lactones) is 1. The van der Waals surface area contributed by atoms with Crippen LogP contribution in [0.5, 0.6) is 5.75 Å². The maximum Gasteiger partial charge on any atom is 0.410 e. The Morgan fingerprint density at radius 1 is 1.07 bits per heavy atom. The average Bonchev–Trinajstić information content (AvgIpc) is 3.28. The Hall–Kier alpha value is -3.10. The molecule has 0 radical (unpaired) electrons. The fraction of sp³-hybridized carbons (Fsp3) is 0.500. The van der Waals surface area contributed by atoms with Crippen molar-refractivity contribution in [3.8, 4) is 17.6 Å². The van der Waals surface area contributed by atoms with Crippen LogP contribution in [0.1, 0.15) is 75.2 Å². The first-order valence-corrected chi connectivity index (χ1v) is 15.3. The largest absolute Gasteiger partial charge is 0.463 e. The highest BCUT2D eigenvalue weighted by atomic mass is 32.2. The van der Waals surface area contributed by atoms with Crippen molar-refractivity contribution in [2.45, 2.75) is 75.8 Å². The molecule has 216 valence electrons. The third kappa shape index (κ3) is 8.70. The third-order valence-corrected chi connectivity index (χ3v) is 7.64. The lowest BCUT2D eigenvalue weighted by atomic mass is 10.0. The van der Waals surface area contributed by atoms with Gasteiger partial charge < -0.3 is 23.8 Å². The molecule has 1 saturated heterocycles. The van der Waals surface area contributed by atoms with E-state index in [1.165, 1.54) is 12.1 Å². The van der Waals surface area contributed by atoms with Crippen LogP contribution in [0.25, 0.3) is 0 Å². The number of primary sulfonamides is 1. The number of hydrogen-bond acceptors (Lipinski definition) is 7. The van der Waals surface area contributed by atoms with Crippen molar-refractivity contribution in [2.24, 2.45) is 5.14 Å². The van der Waals surface area contributed by atoms with Crippen LogP contribution in [0.15, 0.2) is 47.4 Å². The van der Waals surface area contributed by atoms with E-state index in [1.807, 2.05) is 32.0 Å². The van der Waals surface area contributed by atoms with Crippen molar-refractivity contribution >= 4 is 16.1 Å². The van der Waals surface area contributed by atoms with Gasteiger partial charge in [0.05, 0.1) is 18.0 Å². The van der Waals surface area contributed by atoms with Crippen molar-refractivity contribution in [2.75, 3.05) is 26.3 Å². The van der Waals surface area contributed by atoms with E-state index in [2.05, 4.69) is 11.8 Å². The maximum atomic E-state index is 12.4. The number of nitrogens with zero attached hydrogens (tertiary/aromatic N) is 1. The fourth-order valence-corrected chi connectivity index (χ4v) is 5.12. The monoisotopic (exact) mass is 570 g/mol. The van der Waals surface area contributed by atoms with Gasteiger partial charge in [-0.05, 0) is 55.2 Å². The Morgan fingerprint density at radius 2 is 1.88 bits per heavy atom. The van der Waals surface area contributed by atoms with Gasteiger partial charge >= 0.3 is 6.09 Å². The summed E-state index contributed by atoms with van der Waals surface area (Å²) >= 11 is 0. The molecule has 0 aromatic heterocycles. The van der Waals surface area contributed by atoms with Crippen LogP contribution in [0, 0.1) is 11.8 Å². The minimum absolute atomic E-state index is 0.0634. The van der Waals surface area contributed by atoms with Crippen molar-refractivity contribution in [1.82, 2.24) is 4.90 Å². The molecule has 2 heterocycles. The third-order valence-electron chi connectivity index (χ3n) is 6.73. The molecule has 40 heavy (non-hydrogen) atoms. The van der Waals surface area contributed by atoms with Gasteiger partial charge in [-0.1, -0.05) is 36.8 Å². The number of unbranched alkanes of at least 4 members (excludes halogenated alkanes) is 4. The molecule has 9 nitrogen and oxygen atoms in total. The van der Waals surface area contributed by atoms with Gasteiger partial charge in [0.1, 0.15) is 11.9 Å². The second kappa shape index (κ2) is 13.5. The highest BCUT2D eigenvalue weighted by Crippen LogP contribution is 2.35. The Labute approximate surface area is 237 Å². The number of amides is 1. The molecule has 2 aliphatic heterocycles. The summed E-state index contributed by atoms with van der Waals surface area (Å²) in [6, 6.07) is 12.2. The van der Waals surface area contributed by atoms with Gasteiger partial charge in [0, 0.05) is 51.2 Å². The fourth-order valence-electron chi connectivity index (χ4n) is 4.56. The molecule has 0 unspecified atom stereocenters. The van der Waals surface area contributed by atoms with E-state index in [4.69, 9.17) is 24.1 Å². The molecule has 1 fully saturated rings. The quantitative estimate of drug-likeness (QED) is 0.285. The van der Waals surface area contributed by atoms with Crippen molar-refractivity contribution in [3.05, 3.63) is 59.2 Å². The van der Waals surface area contributed by atoms with Gasteiger partial charge in [-0.2, -0.15) is 0 Å². The SMILES string of the molecule is CC1(C)OCc2cc([C@@H]3CN(CCCCCCOCCCC#Cc4cccc(S(N)(=O)=O)c4)C(=O)O3)ccc2O1. The van der Waals surface area contributed by atoms with Crippen molar-refractivity contribution < 1.29 is 32.2 Å².